The van der Waals surface area contributed by atoms with Crippen molar-refractivity contribution in [3.8, 4) is 5.88 Å². The Morgan fingerprint density at radius 1 is 1.28 bits per heavy atom. The molecule has 3 heterocycles. The van der Waals surface area contributed by atoms with Crippen LogP contribution < -0.4 is 10.1 Å². The summed E-state index contributed by atoms with van der Waals surface area (Å²) in [7, 11) is 0. The average molecular weight is 419 g/mol. The maximum absolute atomic E-state index is 12.7. The van der Waals surface area contributed by atoms with Crippen LogP contribution in [0.4, 0.5) is 13.2 Å². The third kappa shape index (κ3) is 3.12. The molecule has 1 saturated carbocycles. The van der Waals surface area contributed by atoms with Gasteiger partial charge in [0.2, 0.25) is 5.88 Å². The molecule has 1 aliphatic carbocycles. The second-order valence-electron chi connectivity index (χ2n) is 6.26. The van der Waals surface area contributed by atoms with Gasteiger partial charge in [-0.3, -0.25) is 4.40 Å². The molecule has 2 aliphatic rings. The van der Waals surface area contributed by atoms with Crippen LogP contribution in [0.5, 0.6) is 5.88 Å². The highest BCUT2D eigenvalue weighted by molar-refractivity contribution is 9.10. The summed E-state index contributed by atoms with van der Waals surface area (Å²) in [6.45, 7) is 0.739. The lowest BCUT2D eigenvalue weighted by atomic mass is 10.2. The number of aromatic nitrogens is 3. The number of nitrogens with zero attached hydrogens (tertiary/aromatic N) is 3. The topological polar surface area (TPSA) is 68.5 Å². The zero-order valence-corrected chi connectivity index (χ0v) is 14.5. The predicted molar refractivity (Wildman–Crippen MR) is 84.3 cm³/mol. The fraction of sp³-hybridized carbons (Fsp3) is 0.533. The number of nitrogens with one attached hydrogen (secondary N) is 1. The molecule has 0 bridgehead atoms. The SMILES string of the molecule is O=C(Oc1c([C@H]2CCCN2)nc2c(C3CC3)nc(Br)cn12)C(F)(F)F. The lowest BCUT2D eigenvalue weighted by Gasteiger charge is -2.12. The monoisotopic (exact) mass is 418 g/mol. The maximum atomic E-state index is 12.7. The van der Waals surface area contributed by atoms with E-state index in [1.54, 1.807) is 0 Å². The Kier molecular flexibility index (Phi) is 3.99. The van der Waals surface area contributed by atoms with Crippen LogP contribution in [0, 0.1) is 0 Å². The number of imidazole rings is 1. The Morgan fingerprint density at radius 3 is 2.64 bits per heavy atom. The smallest absolute Gasteiger partial charge is 0.400 e. The number of alkyl halides is 3. The van der Waals surface area contributed by atoms with Gasteiger partial charge in [0.25, 0.3) is 0 Å². The number of rotatable bonds is 3. The fourth-order valence-electron chi connectivity index (χ4n) is 3.06. The highest BCUT2D eigenvalue weighted by Crippen LogP contribution is 2.43. The molecule has 1 saturated heterocycles. The van der Waals surface area contributed by atoms with Gasteiger partial charge < -0.3 is 10.1 Å². The van der Waals surface area contributed by atoms with E-state index in [1.807, 2.05) is 0 Å². The van der Waals surface area contributed by atoms with Gasteiger partial charge >= 0.3 is 12.1 Å². The Labute approximate surface area is 148 Å². The number of esters is 1. The van der Waals surface area contributed by atoms with E-state index in [4.69, 9.17) is 4.74 Å². The van der Waals surface area contributed by atoms with Gasteiger partial charge in [-0.25, -0.2) is 14.8 Å². The van der Waals surface area contributed by atoms with Crippen molar-refractivity contribution in [3.05, 3.63) is 22.2 Å². The van der Waals surface area contributed by atoms with Crippen molar-refractivity contribution >= 4 is 27.5 Å². The summed E-state index contributed by atoms with van der Waals surface area (Å²) in [5.41, 5.74) is 1.47. The highest BCUT2D eigenvalue weighted by atomic mass is 79.9. The van der Waals surface area contributed by atoms with Crippen molar-refractivity contribution in [2.75, 3.05) is 6.54 Å². The molecular weight excluding hydrogens is 405 g/mol. The van der Waals surface area contributed by atoms with Gasteiger partial charge in [-0.05, 0) is 48.2 Å². The van der Waals surface area contributed by atoms with Crippen LogP contribution in [0.3, 0.4) is 0 Å². The molecule has 134 valence electrons. The number of hydrogen-bond donors (Lipinski definition) is 1. The third-order valence-corrected chi connectivity index (χ3v) is 4.74. The molecule has 2 fully saturated rings. The lowest BCUT2D eigenvalue weighted by Crippen LogP contribution is -2.29. The number of halogens is 4. The number of hydrogen-bond acceptors (Lipinski definition) is 5. The number of ether oxygens (including phenoxy) is 1. The lowest BCUT2D eigenvalue weighted by molar-refractivity contribution is -0.190. The van der Waals surface area contributed by atoms with Crippen LogP contribution in [0.1, 0.15) is 49.0 Å². The molecule has 10 heteroatoms. The van der Waals surface area contributed by atoms with E-state index in [0.717, 1.165) is 25.8 Å². The van der Waals surface area contributed by atoms with Crippen molar-refractivity contribution in [1.29, 1.82) is 0 Å². The molecule has 1 aliphatic heterocycles. The summed E-state index contributed by atoms with van der Waals surface area (Å²) < 4.78 is 44.7. The maximum Gasteiger partial charge on any atom is 0.491 e. The van der Waals surface area contributed by atoms with E-state index in [2.05, 4.69) is 31.2 Å². The molecule has 2 aromatic rings. The molecule has 0 unspecified atom stereocenters. The first-order valence-corrected chi connectivity index (χ1v) is 8.74. The van der Waals surface area contributed by atoms with Gasteiger partial charge in [-0.1, -0.05) is 0 Å². The molecule has 4 rings (SSSR count). The van der Waals surface area contributed by atoms with E-state index in [1.165, 1.54) is 10.6 Å². The van der Waals surface area contributed by atoms with Crippen LogP contribution in [0.25, 0.3) is 5.65 Å². The predicted octanol–water partition coefficient (Wildman–Crippen LogP) is 3.26. The van der Waals surface area contributed by atoms with Crippen molar-refractivity contribution < 1.29 is 22.7 Å². The van der Waals surface area contributed by atoms with E-state index < -0.39 is 12.1 Å². The van der Waals surface area contributed by atoms with Crippen LogP contribution in [0.15, 0.2) is 10.8 Å². The molecule has 0 spiro atoms. The average Bonchev–Trinajstić information content (AvgIpc) is 3.12. The number of fused-ring (bicyclic) bond motifs is 1. The number of carbonyl (C=O) groups excluding carboxylic acids is 1. The summed E-state index contributed by atoms with van der Waals surface area (Å²) in [5, 5.41) is 3.18. The van der Waals surface area contributed by atoms with Crippen LogP contribution in [0.2, 0.25) is 0 Å². The summed E-state index contributed by atoms with van der Waals surface area (Å²) >= 11 is 3.27. The number of carbonyl (C=O) groups is 1. The summed E-state index contributed by atoms with van der Waals surface area (Å²) in [6, 6.07) is -0.248. The fourth-order valence-corrected chi connectivity index (χ4v) is 3.45. The first kappa shape index (κ1) is 16.8. The van der Waals surface area contributed by atoms with Crippen molar-refractivity contribution in [2.45, 2.75) is 43.8 Å². The minimum absolute atomic E-state index is 0.193. The molecule has 1 N–H and O–H groups in total. The second-order valence-corrected chi connectivity index (χ2v) is 7.07. The van der Waals surface area contributed by atoms with Gasteiger partial charge in [-0.2, -0.15) is 13.2 Å². The standard InChI is InChI=1S/C15H14BrF3N4O2/c16-9-6-23-12(10(21-9)7-3-4-7)22-11(8-2-1-5-20-8)13(23)25-14(24)15(17,18)19/h6-8,20H,1-5H2/t8-/m1/s1. The second kappa shape index (κ2) is 5.94. The molecular formula is C15H14BrF3N4O2. The Balaban J connectivity index is 1.87. The van der Waals surface area contributed by atoms with Crippen molar-refractivity contribution in [1.82, 2.24) is 19.7 Å². The molecule has 0 aromatic carbocycles. The molecule has 0 amide bonds. The van der Waals surface area contributed by atoms with E-state index in [9.17, 15) is 18.0 Å². The molecule has 1 atom stereocenters. The first-order valence-electron chi connectivity index (χ1n) is 7.95. The van der Waals surface area contributed by atoms with Crippen LogP contribution in [-0.4, -0.2) is 33.1 Å². The summed E-state index contributed by atoms with van der Waals surface area (Å²) in [6.07, 6.45) is -0.0858. The van der Waals surface area contributed by atoms with Crippen molar-refractivity contribution in [2.24, 2.45) is 0 Å². The van der Waals surface area contributed by atoms with Gasteiger partial charge in [0, 0.05) is 12.1 Å². The Hall–Kier alpha value is -1.68. The minimum Gasteiger partial charge on any atom is -0.400 e. The molecule has 6 nitrogen and oxygen atoms in total. The van der Waals surface area contributed by atoms with E-state index in [0.29, 0.717) is 28.1 Å². The van der Waals surface area contributed by atoms with Gasteiger partial charge in [0.05, 0.1) is 11.7 Å². The van der Waals surface area contributed by atoms with Gasteiger partial charge in [0.15, 0.2) is 5.65 Å². The third-order valence-electron chi connectivity index (χ3n) is 4.36. The zero-order chi connectivity index (χ0) is 17.8. The first-order chi connectivity index (χ1) is 11.8. The highest BCUT2D eigenvalue weighted by Gasteiger charge is 2.43. The molecule has 0 radical (unpaired) electrons. The van der Waals surface area contributed by atoms with Crippen LogP contribution >= 0.6 is 15.9 Å². The summed E-state index contributed by atoms with van der Waals surface area (Å²) in [5.74, 6) is -2.21. The van der Waals surface area contributed by atoms with E-state index >= 15 is 0 Å². The Bertz CT molecular complexity index is 841. The largest absolute Gasteiger partial charge is 0.491 e. The van der Waals surface area contributed by atoms with Crippen molar-refractivity contribution in [3.63, 3.8) is 0 Å². The zero-order valence-electron chi connectivity index (χ0n) is 12.9. The van der Waals surface area contributed by atoms with Gasteiger partial charge in [-0.15, -0.1) is 0 Å². The van der Waals surface area contributed by atoms with Gasteiger partial charge in [0.1, 0.15) is 10.3 Å². The Morgan fingerprint density at radius 2 is 2.04 bits per heavy atom. The molecule has 2 aromatic heterocycles. The normalized spacial score (nSPS) is 21.0. The minimum atomic E-state index is -5.08. The van der Waals surface area contributed by atoms with E-state index in [-0.39, 0.29) is 17.8 Å². The van der Waals surface area contributed by atoms with Crippen LogP contribution in [-0.2, 0) is 4.79 Å². The molecule has 25 heavy (non-hydrogen) atoms. The quantitative estimate of drug-likeness (QED) is 0.774. The summed E-state index contributed by atoms with van der Waals surface area (Å²) in [4.78, 5) is 20.3.